The molecule has 0 spiro atoms. The highest BCUT2D eigenvalue weighted by molar-refractivity contribution is 5.94. The number of carbonyl (C=O) groups excluding carboxylic acids is 1. The van der Waals surface area contributed by atoms with Crippen LogP contribution in [0, 0.1) is 23.2 Å². The number of nitrogens with zero attached hydrogens (tertiary/aromatic N) is 3. The minimum atomic E-state index is -0.0771. The molecule has 0 bridgehead atoms. The van der Waals surface area contributed by atoms with Gasteiger partial charge in [0.25, 0.3) is 0 Å². The summed E-state index contributed by atoms with van der Waals surface area (Å²) in [5.41, 5.74) is 7.93. The Morgan fingerprint density at radius 1 is 1.37 bits per heavy atom. The fourth-order valence-electron chi connectivity index (χ4n) is 4.53. The summed E-state index contributed by atoms with van der Waals surface area (Å²) in [4.78, 5) is 19.1. The van der Waals surface area contributed by atoms with Crippen LogP contribution in [0.5, 0.6) is 5.88 Å². The molecule has 2 aliphatic rings. The van der Waals surface area contributed by atoms with Crippen LogP contribution >= 0.6 is 0 Å². The standard InChI is InChI=1S/C23H27N5O2/c1-14-22(27-20-4-3-5-21(26-20)30-11-10-24)18-12-16(13-25)6-9-19(18)28(15(2)29)23(14)17-7-8-17/h3-6,9,12,14,17,22-23H,7-8,10-11,24H2,1-2H3,(H,26,27)/t14-,22-,23-/m1/s1. The Balaban J connectivity index is 1.74. The van der Waals surface area contributed by atoms with E-state index < -0.39 is 0 Å². The number of rotatable bonds is 6. The summed E-state index contributed by atoms with van der Waals surface area (Å²) < 4.78 is 5.56. The third-order valence-electron chi connectivity index (χ3n) is 5.95. The summed E-state index contributed by atoms with van der Waals surface area (Å²) >= 11 is 0. The van der Waals surface area contributed by atoms with Gasteiger partial charge < -0.3 is 20.7 Å². The average molecular weight is 406 g/mol. The second kappa shape index (κ2) is 8.33. The fourth-order valence-corrected chi connectivity index (χ4v) is 4.53. The van der Waals surface area contributed by atoms with Crippen molar-refractivity contribution in [2.24, 2.45) is 17.6 Å². The van der Waals surface area contributed by atoms with E-state index in [0.29, 0.717) is 36.3 Å². The third kappa shape index (κ3) is 3.83. The lowest BCUT2D eigenvalue weighted by molar-refractivity contribution is -0.117. The van der Waals surface area contributed by atoms with Crippen molar-refractivity contribution >= 4 is 17.4 Å². The molecule has 3 N–H and O–H groups in total. The van der Waals surface area contributed by atoms with Crippen molar-refractivity contribution in [2.45, 2.75) is 38.8 Å². The molecule has 3 atom stereocenters. The van der Waals surface area contributed by atoms with Gasteiger partial charge in [0.15, 0.2) is 0 Å². The Morgan fingerprint density at radius 3 is 2.83 bits per heavy atom. The van der Waals surface area contributed by atoms with Crippen molar-refractivity contribution in [3.8, 4) is 11.9 Å². The largest absolute Gasteiger partial charge is 0.476 e. The number of anilines is 2. The van der Waals surface area contributed by atoms with Crippen LogP contribution in [0.15, 0.2) is 36.4 Å². The fraction of sp³-hybridized carbons (Fsp3) is 0.435. The van der Waals surface area contributed by atoms with Gasteiger partial charge in [0.2, 0.25) is 11.8 Å². The summed E-state index contributed by atoms with van der Waals surface area (Å²) in [6, 6.07) is 13.4. The van der Waals surface area contributed by atoms with E-state index in [9.17, 15) is 10.1 Å². The Morgan fingerprint density at radius 2 is 2.17 bits per heavy atom. The van der Waals surface area contributed by atoms with Crippen molar-refractivity contribution < 1.29 is 9.53 Å². The van der Waals surface area contributed by atoms with Crippen molar-refractivity contribution in [3.63, 3.8) is 0 Å². The molecule has 1 aliphatic carbocycles. The molecule has 7 nitrogen and oxygen atoms in total. The van der Waals surface area contributed by atoms with Crippen LogP contribution in [0.2, 0.25) is 0 Å². The maximum absolute atomic E-state index is 12.6. The Bertz CT molecular complexity index is 982. The van der Waals surface area contributed by atoms with Gasteiger partial charge in [-0.25, -0.2) is 0 Å². The van der Waals surface area contributed by atoms with Gasteiger partial charge in [-0.05, 0) is 48.6 Å². The van der Waals surface area contributed by atoms with Gasteiger partial charge in [-0.1, -0.05) is 13.0 Å². The molecule has 156 valence electrons. The maximum atomic E-state index is 12.6. The number of aromatic nitrogens is 1. The highest BCUT2D eigenvalue weighted by Gasteiger charge is 2.47. The molecule has 1 aromatic heterocycles. The molecule has 2 heterocycles. The normalized spacial score (nSPS) is 22.7. The first-order chi connectivity index (χ1) is 14.5. The zero-order valence-electron chi connectivity index (χ0n) is 17.3. The van der Waals surface area contributed by atoms with Crippen LogP contribution < -0.4 is 20.7 Å². The van der Waals surface area contributed by atoms with Gasteiger partial charge in [-0.3, -0.25) is 4.79 Å². The highest BCUT2D eigenvalue weighted by Crippen LogP contribution is 2.50. The molecule has 2 aromatic rings. The molecular weight excluding hydrogens is 378 g/mol. The van der Waals surface area contributed by atoms with E-state index in [4.69, 9.17) is 10.5 Å². The zero-order chi connectivity index (χ0) is 21.3. The summed E-state index contributed by atoms with van der Waals surface area (Å²) in [6.45, 7) is 4.63. The summed E-state index contributed by atoms with van der Waals surface area (Å²) in [5, 5.41) is 13.0. The van der Waals surface area contributed by atoms with Gasteiger partial charge in [0, 0.05) is 37.2 Å². The lowest BCUT2D eigenvalue weighted by Crippen LogP contribution is -2.51. The van der Waals surface area contributed by atoms with Gasteiger partial charge >= 0.3 is 0 Å². The number of amides is 1. The maximum Gasteiger partial charge on any atom is 0.224 e. The van der Waals surface area contributed by atoms with Crippen LogP contribution in [0.1, 0.15) is 43.9 Å². The van der Waals surface area contributed by atoms with E-state index in [1.165, 1.54) is 0 Å². The second-order valence-electron chi connectivity index (χ2n) is 8.08. The lowest BCUT2D eigenvalue weighted by atomic mass is 9.79. The van der Waals surface area contributed by atoms with Crippen molar-refractivity contribution in [2.75, 3.05) is 23.4 Å². The summed E-state index contributed by atoms with van der Waals surface area (Å²) in [7, 11) is 0. The first-order valence-corrected chi connectivity index (χ1v) is 10.4. The first kappa shape index (κ1) is 20.2. The van der Waals surface area contributed by atoms with E-state index in [-0.39, 0.29) is 23.9 Å². The molecule has 0 saturated heterocycles. The Hall–Kier alpha value is -3.11. The van der Waals surface area contributed by atoms with Gasteiger partial charge in [-0.15, -0.1) is 0 Å². The van der Waals surface area contributed by atoms with Gasteiger partial charge in [-0.2, -0.15) is 10.2 Å². The lowest BCUT2D eigenvalue weighted by Gasteiger charge is -2.45. The molecule has 4 rings (SSSR count). The number of hydrogen-bond acceptors (Lipinski definition) is 6. The molecule has 1 saturated carbocycles. The van der Waals surface area contributed by atoms with Crippen LogP contribution in [-0.2, 0) is 4.79 Å². The molecule has 30 heavy (non-hydrogen) atoms. The number of benzene rings is 1. The number of ether oxygens (including phenoxy) is 1. The van der Waals surface area contributed by atoms with Crippen molar-refractivity contribution in [1.82, 2.24) is 4.98 Å². The molecule has 1 aliphatic heterocycles. The Labute approximate surface area is 176 Å². The molecule has 1 fully saturated rings. The zero-order valence-corrected chi connectivity index (χ0v) is 17.3. The number of nitriles is 1. The average Bonchev–Trinajstić information content (AvgIpc) is 3.58. The summed E-state index contributed by atoms with van der Waals surface area (Å²) in [5.74, 6) is 1.91. The number of nitrogens with two attached hydrogens (primary N) is 1. The van der Waals surface area contributed by atoms with Gasteiger partial charge in [0.1, 0.15) is 12.4 Å². The predicted octanol–water partition coefficient (Wildman–Crippen LogP) is 3.23. The molecule has 1 amide bonds. The minimum absolute atomic E-state index is 0.0402. The van der Waals surface area contributed by atoms with Crippen LogP contribution in [0.4, 0.5) is 11.5 Å². The van der Waals surface area contributed by atoms with Crippen molar-refractivity contribution in [3.05, 3.63) is 47.5 Å². The smallest absolute Gasteiger partial charge is 0.224 e. The molecular formula is C23H27N5O2. The molecule has 0 radical (unpaired) electrons. The number of hydrogen-bond donors (Lipinski definition) is 2. The van der Waals surface area contributed by atoms with E-state index >= 15 is 0 Å². The molecule has 0 unspecified atom stereocenters. The quantitative estimate of drug-likeness (QED) is 0.765. The van der Waals surface area contributed by atoms with Crippen LogP contribution in [0.25, 0.3) is 0 Å². The SMILES string of the molecule is CC(=O)N1c2ccc(C#N)cc2[C@H](Nc2cccc(OCCN)n2)[C@@H](C)[C@@H]1C1CC1. The first-order valence-electron chi connectivity index (χ1n) is 10.4. The van der Waals surface area contributed by atoms with E-state index in [2.05, 4.69) is 23.3 Å². The van der Waals surface area contributed by atoms with Gasteiger partial charge in [0.05, 0.1) is 17.7 Å². The number of nitrogens with one attached hydrogen (secondary N) is 1. The van der Waals surface area contributed by atoms with Crippen LogP contribution in [0.3, 0.4) is 0 Å². The molecule has 7 heteroatoms. The number of fused-ring (bicyclic) bond motifs is 1. The van der Waals surface area contributed by atoms with E-state index in [1.807, 2.05) is 29.2 Å². The van der Waals surface area contributed by atoms with Crippen molar-refractivity contribution in [1.29, 1.82) is 5.26 Å². The minimum Gasteiger partial charge on any atom is -0.476 e. The van der Waals surface area contributed by atoms with E-state index in [0.717, 1.165) is 24.1 Å². The highest BCUT2D eigenvalue weighted by atomic mass is 16.5. The number of carbonyl (C=O) groups is 1. The molecule has 1 aromatic carbocycles. The monoisotopic (exact) mass is 405 g/mol. The second-order valence-corrected chi connectivity index (χ2v) is 8.08. The Kier molecular flexibility index (Phi) is 5.60. The predicted molar refractivity (Wildman–Crippen MR) is 115 cm³/mol. The van der Waals surface area contributed by atoms with E-state index in [1.54, 1.807) is 19.1 Å². The third-order valence-corrected chi connectivity index (χ3v) is 5.95. The summed E-state index contributed by atoms with van der Waals surface area (Å²) in [6.07, 6.45) is 2.27. The number of pyridine rings is 1. The topological polar surface area (TPSA) is 104 Å². The van der Waals surface area contributed by atoms with Crippen LogP contribution in [-0.4, -0.2) is 30.1 Å².